The van der Waals surface area contributed by atoms with E-state index in [-0.39, 0.29) is 10.0 Å². The quantitative estimate of drug-likeness (QED) is 0.705. The van der Waals surface area contributed by atoms with E-state index in [9.17, 15) is 4.39 Å². The second kappa shape index (κ2) is 6.06. The highest BCUT2D eigenvalue weighted by atomic mass is 35.5. The first-order valence-corrected chi connectivity index (χ1v) is 4.73. The third-order valence-corrected chi connectivity index (χ3v) is 2.09. The van der Waals surface area contributed by atoms with Gasteiger partial charge in [-0.1, -0.05) is 37.0 Å². The Kier molecular flexibility index (Phi) is 5.84. The van der Waals surface area contributed by atoms with Gasteiger partial charge in [0.2, 0.25) is 0 Å². The lowest BCUT2D eigenvalue weighted by molar-refractivity contribution is 0.632. The molecule has 0 aliphatic heterocycles. The molecule has 0 aliphatic rings. The minimum Gasteiger partial charge on any atom is -0.386 e. The van der Waals surface area contributed by atoms with Crippen molar-refractivity contribution in [2.45, 2.75) is 13.8 Å². The largest absolute Gasteiger partial charge is 0.386 e. The maximum Gasteiger partial charge on any atom is 0.166 e. The van der Waals surface area contributed by atoms with Crippen molar-refractivity contribution in [2.24, 2.45) is 0 Å². The zero-order chi connectivity index (χ0) is 10.4. The summed E-state index contributed by atoms with van der Waals surface area (Å²) in [4.78, 5) is 0. The van der Waals surface area contributed by atoms with Gasteiger partial charge >= 0.3 is 0 Å². The van der Waals surface area contributed by atoms with Gasteiger partial charge in [-0.15, -0.1) is 0 Å². The molecular formula is C9H12Cl2FN. The maximum absolute atomic E-state index is 13.0. The van der Waals surface area contributed by atoms with Gasteiger partial charge in [-0.3, -0.25) is 0 Å². The summed E-state index contributed by atoms with van der Waals surface area (Å²) < 4.78 is 13.0. The molecule has 0 spiro atoms. The molecule has 0 heterocycles. The molecule has 0 aromatic heterocycles. The summed E-state index contributed by atoms with van der Waals surface area (Å²) >= 11 is 11.1. The van der Waals surface area contributed by atoms with Crippen LogP contribution in [0.15, 0.2) is 12.1 Å². The van der Waals surface area contributed by atoms with Crippen LogP contribution in [0.1, 0.15) is 13.8 Å². The van der Waals surface area contributed by atoms with Crippen LogP contribution < -0.4 is 5.32 Å². The van der Waals surface area contributed by atoms with Crippen molar-refractivity contribution in [2.75, 3.05) is 12.4 Å². The van der Waals surface area contributed by atoms with Crippen LogP contribution in [0.4, 0.5) is 10.1 Å². The highest BCUT2D eigenvalue weighted by Gasteiger charge is 2.08. The van der Waals surface area contributed by atoms with Crippen molar-refractivity contribution in [3.05, 3.63) is 28.0 Å². The van der Waals surface area contributed by atoms with Gasteiger partial charge in [0.15, 0.2) is 5.82 Å². The molecule has 1 N–H and O–H groups in total. The number of nitrogens with one attached hydrogen (secondary N) is 1. The molecule has 0 unspecified atom stereocenters. The summed E-state index contributed by atoms with van der Waals surface area (Å²) in [5.41, 5.74) is 0.347. The van der Waals surface area contributed by atoms with Gasteiger partial charge in [-0.2, -0.15) is 0 Å². The van der Waals surface area contributed by atoms with Crippen LogP contribution in [-0.4, -0.2) is 7.05 Å². The lowest BCUT2D eigenvalue weighted by Crippen LogP contribution is -1.92. The topological polar surface area (TPSA) is 12.0 Å². The lowest BCUT2D eigenvalue weighted by atomic mass is 10.3. The van der Waals surface area contributed by atoms with E-state index in [1.807, 2.05) is 13.8 Å². The van der Waals surface area contributed by atoms with Crippen LogP contribution in [0.2, 0.25) is 10.0 Å². The third-order valence-electron chi connectivity index (χ3n) is 1.30. The number of benzene rings is 1. The van der Waals surface area contributed by atoms with Gasteiger partial charge in [0, 0.05) is 7.05 Å². The molecule has 0 amide bonds. The highest BCUT2D eigenvalue weighted by molar-refractivity contribution is 6.42. The van der Waals surface area contributed by atoms with Gasteiger partial charge in [0.05, 0.1) is 15.7 Å². The molecule has 0 radical (unpaired) electrons. The zero-order valence-corrected chi connectivity index (χ0v) is 9.30. The van der Waals surface area contributed by atoms with E-state index in [2.05, 4.69) is 5.32 Å². The third kappa shape index (κ3) is 3.05. The predicted molar refractivity (Wildman–Crippen MR) is 57.3 cm³/mol. The zero-order valence-electron chi connectivity index (χ0n) is 7.79. The molecule has 1 rings (SSSR count). The number of halogens is 3. The minimum absolute atomic E-state index is 0.0430. The SMILES string of the molecule is CC.CNc1ccc(Cl)c(Cl)c1F. The fourth-order valence-corrected chi connectivity index (χ4v) is 1.03. The van der Waals surface area contributed by atoms with E-state index in [4.69, 9.17) is 23.2 Å². The van der Waals surface area contributed by atoms with E-state index in [0.29, 0.717) is 5.69 Å². The van der Waals surface area contributed by atoms with Crippen LogP contribution in [0.3, 0.4) is 0 Å². The number of anilines is 1. The second-order valence-corrected chi connectivity index (χ2v) is 2.76. The van der Waals surface area contributed by atoms with E-state index < -0.39 is 5.82 Å². The van der Waals surface area contributed by atoms with Crippen LogP contribution in [-0.2, 0) is 0 Å². The maximum atomic E-state index is 13.0. The Balaban J connectivity index is 0.000000671. The van der Waals surface area contributed by atoms with Crippen LogP contribution in [0.5, 0.6) is 0 Å². The second-order valence-electron chi connectivity index (χ2n) is 1.97. The summed E-state index contributed by atoms with van der Waals surface area (Å²) in [6, 6.07) is 3.07. The summed E-state index contributed by atoms with van der Waals surface area (Å²) in [6.45, 7) is 4.00. The number of hydrogen-bond donors (Lipinski definition) is 1. The van der Waals surface area contributed by atoms with Gasteiger partial charge < -0.3 is 5.32 Å². The van der Waals surface area contributed by atoms with Gasteiger partial charge in [-0.05, 0) is 12.1 Å². The van der Waals surface area contributed by atoms with Crippen molar-refractivity contribution >= 4 is 28.9 Å². The van der Waals surface area contributed by atoms with E-state index in [1.54, 1.807) is 13.1 Å². The molecule has 4 heteroatoms. The van der Waals surface area contributed by atoms with Crippen molar-refractivity contribution in [3.63, 3.8) is 0 Å². The first-order valence-electron chi connectivity index (χ1n) is 3.98. The molecule has 1 aromatic carbocycles. The first-order chi connectivity index (χ1) is 6.16. The fraction of sp³-hybridized carbons (Fsp3) is 0.333. The molecule has 0 saturated heterocycles. The average molecular weight is 224 g/mol. The van der Waals surface area contributed by atoms with Crippen LogP contribution in [0, 0.1) is 5.82 Å². The normalized spacial score (nSPS) is 8.77. The van der Waals surface area contributed by atoms with Crippen molar-refractivity contribution in [3.8, 4) is 0 Å². The van der Waals surface area contributed by atoms with Gasteiger partial charge in [-0.25, -0.2) is 4.39 Å². The minimum atomic E-state index is -0.512. The molecule has 13 heavy (non-hydrogen) atoms. The van der Waals surface area contributed by atoms with E-state index >= 15 is 0 Å². The molecule has 0 atom stereocenters. The molecule has 0 saturated carbocycles. The lowest BCUT2D eigenvalue weighted by Gasteiger charge is -2.03. The molecule has 0 aliphatic carbocycles. The molecule has 1 nitrogen and oxygen atoms in total. The van der Waals surface area contributed by atoms with Crippen molar-refractivity contribution in [1.82, 2.24) is 0 Å². The van der Waals surface area contributed by atoms with Crippen LogP contribution in [0.25, 0.3) is 0 Å². The molecule has 0 bridgehead atoms. The Morgan fingerprint density at radius 1 is 1.23 bits per heavy atom. The monoisotopic (exact) mass is 223 g/mol. The number of hydrogen-bond acceptors (Lipinski definition) is 1. The predicted octanol–water partition coefficient (Wildman–Crippen LogP) is 4.20. The Morgan fingerprint density at radius 2 is 1.77 bits per heavy atom. The molecule has 1 aromatic rings. The Morgan fingerprint density at radius 3 is 2.23 bits per heavy atom. The summed E-state index contributed by atoms with van der Waals surface area (Å²) in [7, 11) is 1.61. The summed E-state index contributed by atoms with van der Waals surface area (Å²) in [5, 5.41) is 2.83. The Hall–Kier alpha value is -0.470. The van der Waals surface area contributed by atoms with Crippen LogP contribution >= 0.6 is 23.2 Å². The van der Waals surface area contributed by atoms with E-state index in [0.717, 1.165) is 0 Å². The first kappa shape index (κ1) is 12.5. The van der Waals surface area contributed by atoms with E-state index in [1.165, 1.54) is 6.07 Å². The average Bonchev–Trinajstić information content (AvgIpc) is 2.18. The Bertz CT molecular complexity index is 277. The summed E-state index contributed by atoms with van der Waals surface area (Å²) in [6.07, 6.45) is 0. The highest BCUT2D eigenvalue weighted by Crippen LogP contribution is 2.29. The Labute approximate surface area is 87.9 Å². The molecule has 74 valence electrons. The summed E-state index contributed by atoms with van der Waals surface area (Å²) in [5.74, 6) is -0.512. The van der Waals surface area contributed by atoms with Gasteiger partial charge in [0.1, 0.15) is 0 Å². The number of rotatable bonds is 1. The fourth-order valence-electron chi connectivity index (χ4n) is 0.719. The van der Waals surface area contributed by atoms with Gasteiger partial charge in [0.25, 0.3) is 0 Å². The molecule has 0 fully saturated rings. The molecular weight excluding hydrogens is 212 g/mol. The standard InChI is InChI=1S/C7H6Cl2FN.C2H6/c1-11-5-3-2-4(8)6(9)7(5)10;1-2/h2-3,11H,1H3;1-2H3. The smallest absolute Gasteiger partial charge is 0.166 e. The van der Waals surface area contributed by atoms with Crippen molar-refractivity contribution < 1.29 is 4.39 Å². The van der Waals surface area contributed by atoms with Crippen molar-refractivity contribution in [1.29, 1.82) is 0 Å².